The number of hydrogen-bond donors (Lipinski definition) is 0. The van der Waals surface area contributed by atoms with Crippen LogP contribution < -0.4 is 14.4 Å². The van der Waals surface area contributed by atoms with E-state index in [1.54, 1.807) is 23.1 Å². The van der Waals surface area contributed by atoms with Crippen molar-refractivity contribution in [2.24, 2.45) is 5.92 Å². The lowest BCUT2D eigenvalue weighted by Gasteiger charge is -2.35. The van der Waals surface area contributed by atoms with E-state index in [0.717, 1.165) is 6.07 Å². The molecule has 1 atom stereocenters. The third-order valence-electron chi connectivity index (χ3n) is 6.14. The molecule has 0 saturated carbocycles. The third-order valence-corrected chi connectivity index (χ3v) is 8.03. The highest BCUT2D eigenvalue weighted by atomic mass is 32.2. The highest BCUT2D eigenvalue weighted by molar-refractivity contribution is 7.89. The maximum Gasteiger partial charge on any atom is 0.243 e. The number of carbonyl (C=O) groups excluding carboxylic acids is 2. The summed E-state index contributed by atoms with van der Waals surface area (Å²) >= 11 is 0. The van der Waals surface area contributed by atoms with Gasteiger partial charge in [-0.15, -0.1) is 0 Å². The molecule has 0 N–H and O–H groups in total. The number of sulfonamides is 1. The van der Waals surface area contributed by atoms with E-state index in [4.69, 9.17) is 9.47 Å². The fraction of sp³-hybridized carbons (Fsp3) is 0.391. The quantitative estimate of drug-likeness (QED) is 0.611. The molecule has 2 amide bonds. The predicted octanol–water partition coefficient (Wildman–Crippen LogP) is 1.73. The van der Waals surface area contributed by atoms with Crippen LogP contribution in [0.5, 0.6) is 11.5 Å². The Morgan fingerprint density at radius 3 is 2.41 bits per heavy atom. The molecule has 2 aliphatic heterocycles. The zero-order chi connectivity index (χ0) is 24.5. The van der Waals surface area contributed by atoms with Gasteiger partial charge in [-0.3, -0.25) is 9.59 Å². The molecule has 0 aromatic heterocycles. The smallest absolute Gasteiger partial charge is 0.243 e. The largest absolute Gasteiger partial charge is 0.497 e. The molecule has 1 unspecified atom stereocenters. The van der Waals surface area contributed by atoms with E-state index in [0.29, 0.717) is 17.2 Å². The van der Waals surface area contributed by atoms with Crippen LogP contribution in [0.15, 0.2) is 47.4 Å². The average Bonchev–Trinajstić information content (AvgIpc) is 3.24. The van der Waals surface area contributed by atoms with Gasteiger partial charge in [0.05, 0.1) is 30.7 Å². The molecule has 9 nitrogen and oxygen atoms in total. The fourth-order valence-corrected chi connectivity index (χ4v) is 5.75. The number of rotatable bonds is 6. The Kier molecular flexibility index (Phi) is 6.76. The number of amides is 2. The van der Waals surface area contributed by atoms with E-state index in [9.17, 15) is 22.4 Å². The summed E-state index contributed by atoms with van der Waals surface area (Å²) in [4.78, 5) is 28.9. The summed E-state index contributed by atoms with van der Waals surface area (Å²) < 4.78 is 51.0. The summed E-state index contributed by atoms with van der Waals surface area (Å²) in [6.07, 6.45) is 0.0566. The number of hydrogen-bond acceptors (Lipinski definition) is 6. The Balaban J connectivity index is 1.42. The Morgan fingerprint density at radius 2 is 1.76 bits per heavy atom. The van der Waals surface area contributed by atoms with Crippen LogP contribution in [-0.2, 0) is 19.6 Å². The van der Waals surface area contributed by atoms with Crippen molar-refractivity contribution >= 4 is 27.5 Å². The number of anilines is 1. The number of ether oxygens (including phenoxy) is 2. The summed E-state index contributed by atoms with van der Waals surface area (Å²) in [5.74, 6) is -0.502. The summed E-state index contributed by atoms with van der Waals surface area (Å²) in [6.45, 7) is 0.779. The number of benzene rings is 2. The van der Waals surface area contributed by atoms with Crippen molar-refractivity contribution in [3.8, 4) is 11.5 Å². The minimum absolute atomic E-state index is 0.0566. The lowest BCUT2D eigenvalue weighted by Crippen LogP contribution is -2.52. The van der Waals surface area contributed by atoms with Gasteiger partial charge >= 0.3 is 0 Å². The van der Waals surface area contributed by atoms with Crippen molar-refractivity contribution in [1.29, 1.82) is 0 Å². The van der Waals surface area contributed by atoms with Gasteiger partial charge in [0.15, 0.2) is 0 Å². The normalized spacial score (nSPS) is 19.4. The number of methoxy groups -OCH3 is 2. The molecule has 0 aliphatic carbocycles. The number of nitrogens with zero attached hydrogens (tertiary/aromatic N) is 3. The SMILES string of the molecule is COc1ccc(OC)c(N2CC(C(=O)N3CCN(S(=O)(=O)c4cccc(F)c4)CC3)CC2=O)c1. The zero-order valence-corrected chi connectivity index (χ0v) is 19.8. The van der Waals surface area contributed by atoms with E-state index >= 15 is 0 Å². The molecule has 11 heteroatoms. The molecule has 34 heavy (non-hydrogen) atoms. The molecule has 2 aromatic carbocycles. The second-order valence-corrected chi connectivity index (χ2v) is 10.1. The monoisotopic (exact) mass is 491 g/mol. The maximum absolute atomic E-state index is 13.5. The standard InChI is InChI=1S/C23H26FN3O6S/c1-32-18-6-7-21(33-2)20(14-18)27-15-16(12-22(27)28)23(29)25-8-10-26(11-9-25)34(30,31)19-5-3-4-17(24)13-19/h3-7,13-14,16H,8-12,15H2,1-2H3. The van der Waals surface area contributed by atoms with E-state index < -0.39 is 21.8 Å². The van der Waals surface area contributed by atoms with Gasteiger partial charge in [-0.2, -0.15) is 4.31 Å². The molecule has 0 bridgehead atoms. The van der Waals surface area contributed by atoms with Gasteiger partial charge in [0.1, 0.15) is 17.3 Å². The topological polar surface area (TPSA) is 96.5 Å². The fourth-order valence-electron chi connectivity index (χ4n) is 4.30. The van der Waals surface area contributed by atoms with Crippen molar-refractivity contribution in [1.82, 2.24) is 9.21 Å². The van der Waals surface area contributed by atoms with Crippen LogP contribution in [0.1, 0.15) is 6.42 Å². The molecule has 2 saturated heterocycles. The molecule has 2 aromatic rings. The molecular weight excluding hydrogens is 465 g/mol. The molecule has 2 heterocycles. The molecule has 182 valence electrons. The van der Waals surface area contributed by atoms with Crippen molar-refractivity contribution in [3.63, 3.8) is 0 Å². The van der Waals surface area contributed by atoms with Gasteiger partial charge < -0.3 is 19.3 Å². The van der Waals surface area contributed by atoms with Crippen LogP contribution >= 0.6 is 0 Å². The predicted molar refractivity (Wildman–Crippen MR) is 122 cm³/mol. The minimum atomic E-state index is -3.85. The van der Waals surface area contributed by atoms with Crippen molar-refractivity contribution in [2.45, 2.75) is 11.3 Å². The molecule has 4 rings (SSSR count). The molecule has 0 radical (unpaired) electrons. The van der Waals surface area contributed by atoms with Crippen LogP contribution in [0.2, 0.25) is 0 Å². The number of halogens is 1. The van der Waals surface area contributed by atoms with Gasteiger partial charge in [0.2, 0.25) is 21.8 Å². The van der Waals surface area contributed by atoms with Crippen LogP contribution in [0.4, 0.5) is 10.1 Å². The summed E-state index contributed by atoms with van der Waals surface area (Å²) in [5.41, 5.74) is 0.535. The Morgan fingerprint density at radius 1 is 1.03 bits per heavy atom. The first-order valence-corrected chi connectivity index (χ1v) is 12.3. The summed E-state index contributed by atoms with van der Waals surface area (Å²) in [5, 5.41) is 0. The van der Waals surface area contributed by atoms with Gasteiger partial charge in [-0.1, -0.05) is 6.07 Å². The maximum atomic E-state index is 13.5. The Bertz CT molecular complexity index is 1200. The highest BCUT2D eigenvalue weighted by Crippen LogP contribution is 2.36. The number of carbonyl (C=O) groups is 2. The second kappa shape index (κ2) is 9.59. The zero-order valence-electron chi connectivity index (χ0n) is 18.9. The average molecular weight is 492 g/mol. The highest BCUT2D eigenvalue weighted by Gasteiger charge is 2.40. The second-order valence-electron chi connectivity index (χ2n) is 8.13. The van der Waals surface area contributed by atoms with E-state index in [1.165, 1.54) is 41.6 Å². The Labute approximate surface area is 197 Å². The molecule has 2 aliphatic rings. The first-order valence-electron chi connectivity index (χ1n) is 10.8. The van der Waals surface area contributed by atoms with E-state index in [1.807, 2.05) is 0 Å². The molecular formula is C23H26FN3O6S. The van der Waals surface area contributed by atoms with Gasteiger partial charge in [0.25, 0.3) is 0 Å². The van der Waals surface area contributed by atoms with Crippen LogP contribution in [0.3, 0.4) is 0 Å². The van der Waals surface area contributed by atoms with Crippen LogP contribution in [0, 0.1) is 11.7 Å². The lowest BCUT2D eigenvalue weighted by atomic mass is 10.1. The van der Waals surface area contributed by atoms with Crippen LogP contribution in [-0.4, -0.2) is 76.4 Å². The minimum Gasteiger partial charge on any atom is -0.497 e. The first-order chi connectivity index (χ1) is 16.2. The van der Waals surface area contributed by atoms with Crippen molar-refractivity contribution in [2.75, 3.05) is 51.8 Å². The van der Waals surface area contributed by atoms with Gasteiger partial charge in [-0.25, -0.2) is 12.8 Å². The lowest BCUT2D eigenvalue weighted by molar-refractivity contribution is -0.136. The number of piperazine rings is 1. The third kappa shape index (κ3) is 4.58. The van der Waals surface area contributed by atoms with Gasteiger partial charge in [0, 0.05) is 45.2 Å². The van der Waals surface area contributed by atoms with Crippen LogP contribution in [0.25, 0.3) is 0 Å². The molecule has 2 fully saturated rings. The van der Waals surface area contributed by atoms with Crippen molar-refractivity contribution in [3.05, 3.63) is 48.3 Å². The van der Waals surface area contributed by atoms with Gasteiger partial charge in [-0.05, 0) is 30.3 Å². The van der Waals surface area contributed by atoms with E-state index in [-0.39, 0.29) is 55.9 Å². The Hall–Kier alpha value is -3.18. The summed E-state index contributed by atoms with van der Waals surface area (Å²) in [6, 6.07) is 9.99. The molecule has 0 spiro atoms. The van der Waals surface area contributed by atoms with E-state index in [2.05, 4.69) is 0 Å². The first kappa shape index (κ1) is 24.0. The van der Waals surface area contributed by atoms with Crippen molar-refractivity contribution < 1.29 is 31.9 Å². The summed E-state index contributed by atoms with van der Waals surface area (Å²) in [7, 11) is -0.822.